The SMILES string of the molecule is CC1(C)c2ccccc2-c2cc3c(cc21)NC(c1ccc(-n2c4ccccc4c4ccccc42)cc1)C=C3n1c2ccccc2c2c3ccccc3ccc21. The second-order valence-corrected chi connectivity index (χ2v) is 15.8. The van der Waals surface area contributed by atoms with Crippen LogP contribution in [0.25, 0.3) is 76.9 Å². The van der Waals surface area contributed by atoms with E-state index in [9.17, 15) is 0 Å². The molecule has 2 aromatic heterocycles. The zero-order valence-electron chi connectivity index (χ0n) is 30.7. The number of hydrogen-bond donors (Lipinski definition) is 1. The van der Waals surface area contributed by atoms with Gasteiger partial charge in [-0.15, -0.1) is 0 Å². The molecular weight excluding hydrogens is 667 g/mol. The summed E-state index contributed by atoms with van der Waals surface area (Å²) in [5, 5.41) is 11.7. The molecule has 10 aromatic rings. The number of aromatic nitrogens is 2. The van der Waals surface area contributed by atoms with Gasteiger partial charge >= 0.3 is 0 Å². The summed E-state index contributed by atoms with van der Waals surface area (Å²) in [4.78, 5) is 0. The van der Waals surface area contributed by atoms with Gasteiger partial charge in [0.25, 0.3) is 0 Å². The first-order chi connectivity index (χ1) is 27.0. The van der Waals surface area contributed by atoms with E-state index in [0.29, 0.717) is 0 Å². The lowest BCUT2D eigenvalue weighted by atomic mass is 9.81. The highest BCUT2D eigenvalue weighted by molar-refractivity contribution is 6.22. The summed E-state index contributed by atoms with van der Waals surface area (Å²) < 4.78 is 4.92. The third kappa shape index (κ3) is 4.21. The van der Waals surface area contributed by atoms with Gasteiger partial charge < -0.3 is 14.5 Å². The molecule has 1 aliphatic heterocycles. The third-order valence-electron chi connectivity index (χ3n) is 12.5. The zero-order chi connectivity index (χ0) is 36.4. The highest BCUT2D eigenvalue weighted by atomic mass is 15.0. The maximum atomic E-state index is 4.04. The summed E-state index contributed by atoms with van der Waals surface area (Å²) in [6.07, 6.45) is 2.46. The molecule has 3 heteroatoms. The molecule has 8 aromatic carbocycles. The van der Waals surface area contributed by atoms with Gasteiger partial charge in [-0.2, -0.15) is 0 Å². The molecular formula is C52H37N3. The summed E-state index contributed by atoms with van der Waals surface area (Å²) in [7, 11) is 0. The van der Waals surface area contributed by atoms with Gasteiger partial charge in [-0.1, -0.05) is 135 Å². The Morgan fingerprint density at radius 2 is 1.09 bits per heavy atom. The quantitative estimate of drug-likeness (QED) is 0.194. The maximum Gasteiger partial charge on any atom is 0.0721 e. The van der Waals surface area contributed by atoms with Crippen molar-refractivity contribution >= 4 is 65.8 Å². The minimum Gasteiger partial charge on any atom is -0.374 e. The minimum absolute atomic E-state index is 0.0451. The second kappa shape index (κ2) is 11.1. The molecule has 3 nitrogen and oxygen atoms in total. The van der Waals surface area contributed by atoms with Crippen molar-refractivity contribution in [2.45, 2.75) is 25.3 Å². The van der Waals surface area contributed by atoms with Crippen LogP contribution in [0.4, 0.5) is 5.69 Å². The molecule has 0 spiro atoms. The van der Waals surface area contributed by atoms with Crippen molar-refractivity contribution in [1.82, 2.24) is 9.13 Å². The topological polar surface area (TPSA) is 21.9 Å². The van der Waals surface area contributed by atoms with Gasteiger partial charge in [0, 0.05) is 43.9 Å². The van der Waals surface area contributed by atoms with E-state index in [-0.39, 0.29) is 11.5 Å². The largest absolute Gasteiger partial charge is 0.374 e. The molecule has 1 unspecified atom stereocenters. The van der Waals surface area contributed by atoms with Crippen molar-refractivity contribution < 1.29 is 0 Å². The van der Waals surface area contributed by atoms with Gasteiger partial charge in [0.05, 0.1) is 33.8 Å². The van der Waals surface area contributed by atoms with Gasteiger partial charge in [-0.05, 0) is 93.2 Å². The second-order valence-electron chi connectivity index (χ2n) is 15.8. The van der Waals surface area contributed by atoms with Crippen LogP contribution in [-0.4, -0.2) is 9.13 Å². The Morgan fingerprint density at radius 1 is 0.473 bits per heavy atom. The van der Waals surface area contributed by atoms with Crippen molar-refractivity contribution in [2.24, 2.45) is 0 Å². The number of fused-ring (bicyclic) bond motifs is 12. The molecule has 0 fully saturated rings. The Bertz CT molecular complexity index is 3210. The van der Waals surface area contributed by atoms with Crippen LogP contribution in [0.15, 0.2) is 176 Å². The molecule has 12 rings (SSSR count). The van der Waals surface area contributed by atoms with Crippen LogP contribution in [0.2, 0.25) is 0 Å². The van der Waals surface area contributed by atoms with Crippen LogP contribution in [0.3, 0.4) is 0 Å². The van der Waals surface area contributed by atoms with Crippen LogP contribution >= 0.6 is 0 Å². The lowest BCUT2D eigenvalue weighted by molar-refractivity contribution is 0.660. The van der Waals surface area contributed by atoms with E-state index < -0.39 is 0 Å². The fourth-order valence-electron chi connectivity index (χ4n) is 9.94. The highest BCUT2D eigenvalue weighted by Crippen LogP contribution is 2.53. The van der Waals surface area contributed by atoms with Gasteiger partial charge in [0.2, 0.25) is 0 Å². The van der Waals surface area contributed by atoms with Crippen LogP contribution < -0.4 is 5.32 Å². The summed E-state index contributed by atoms with van der Waals surface area (Å²) in [6.45, 7) is 4.74. The summed E-state index contributed by atoms with van der Waals surface area (Å²) in [6, 6.07) is 62.8. The Kier molecular flexibility index (Phi) is 6.17. The van der Waals surface area contributed by atoms with Crippen LogP contribution in [0.5, 0.6) is 0 Å². The predicted molar refractivity (Wildman–Crippen MR) is 231 cm³/mol. The number of anilines is 1. The van der Waals surface area contributed by atoms with Crippen LogP contribution in [0.1, 0.15) is 42.1 Å². The van der Waals surface area contributed by atoms with Gasteiger partial charge in [-0.3, -0.25) is 0 Å². The van der Waals surface area contributed by atoms with Crippen molar-refractivity contribution in [3.05, 3.63) is 198 Å². The van der Waals surface area contributed by atoms with E-state index in [1.165, 1.54) is 99.1 Å². The first-order valence-corrected chi connectivity index (χ1v) is 19.3. The summed E-state index contributed by atoms with van der Waals surface area (Å²) in [5.41, 5.74) is 16.2. The third-order valence-corrected chi connectivity index (χ3v) is 12.5. The number of para-hydroxylation sites is 3. The molecule has 0 bridgehead atoms. The number of rotatable bonds is 3. The van der Waals surface area contributed by atoms with E-state index in [1.54, 1.807) is 0 Å². The number of hydrogen-bond acceptors (Lipinski definition) is 1. The summed E-state index contributed by atoms with van der Waals surface area (Å²) in [5.74, 6) is 0. The highest BCUT2D eigenvalue weighted by Gasteiger charge is 2.37. The van der Waals surface area contributed by atoms with E-state index in [2.05, 4.69) is 204 Å². The average molecular weight is 704 g/mol. The number of nitrogens with one attached hydrogen (secondary N) is 1. The first kappa shape index (κ1) is 30.6. The predicted octanol–water partition coefficient (Wildman–Crippen LogP) is 13.4. The molecule has 1 aliphatic carbocycles. The molecule has 3 heterocycles. The van der Waals surface area contributed by atoms with Crippen molar-refractivity contribution in [3.63, 3.8) is 0 Å². The lowest BCUT2D eigenvalue weighted by Gasteiger charge is -2.30. The Morgan fingerprint density at radius 3 is 1.84 bits per heavy atom. The molecule has 0 radical (unpaired) electrons. The molecule has 2 aliphatic rings. The molecule has 0 saturated heterocycles. The van der Waals surface area contributed by atoms with E-state index in [4.69, 9.17) is 0 Å². The van der Waals surface area contributed by atoms with Gasteiger partial charge in [-0.25, -0.2) is 0 Å². The van der Waals surface area contributed by atoms with Crippen LogP contribution in [-0.2, 0) is 5.41 Å². The average Bonchev–Trinajstić information content (AvgIpc) is 3.83. The molecule has 260 valence electrons. The zero-order valence-corrected chi connectivity index (χ0v) is 30.7. The van der Waals surface area contributed by atoms with E-state index in [0.717, 1.165) is 5.69 Å². The number of benzene rings is 8. The normalized spacial score (nSPS) is 15.7. The Labute approximate surface area is 319 Å². The number of nitrogens with zero attached hydrogens (tertiary/aromatic N) is 2. The molecule has 1 atom stereocenters. The smallest absolute Gasteiger partial charge is 0.0721 e. The van der Waals surface area contributed by atoms with Gasteiger partial charge in [0.1, 0.15) is 0 Å². The standard InChI is InChI=1S/C52H37N3/c1-52(2)42-19-9-5-15-36(42)40-29-41-45(30-43(40)52)53-44(33-23-26-34(27-24-33)54-46-20-10-6-16-37(46)38-17-7-11-21-47(38)54)31-50(41)55-48-22-12-8-18-39(48)51-35-14-4-3-13-32(35)25-28-49(51)55/h3-31,44,53H,1-2H3. The first-order valence-electron chi connectivity index (χ1n) is 19.3. The maximum absolute atomic E-state index is 4.04. The fourth-order valence-corrected chi connectivity index (χ4v) is 9.94. The van der Waals surface area contributed by atoms with Crippen molar-refractivity contribution in [2.75, 3.05) is 5.32 Å². The summed E-state index contributed by atoms with van der Waals surface area (Å²) >= 11 is 0. The fraction of sp³-hybridized carbons (Fsp3) is 0.0769. The monoisotopic (exact) mass is 703 g/mol. The van der Waals surface area contributed by atoms with E-state index >= 15 is 0 Å². The van der Waals surface area contributed by atoms with Crippen LogP contribution in [0, 0.1) is 0 Å². The van der Waals surface area contributed by atoms with E-state index in [1.807, 2.05) is 0 Å². The molecule has 55 heavy (non-hydrogen) atoms. The molecule has 1 N–H and O–H groups in total. The molecule has 0 amide bonds. The van der Waals surface area contributed by atoms with Crippen molar-refractivity contribution in [1.29, 1.82) is 0 Å². The van der Waals surface area contributed by atoms with Gasteiger partial charge in [0.15, 0.2) is 0 Å². The van der Waals surface area contributed by atoms with Crippen molar-refractivity contribution in [3.8, 4) is 16.8 Å². The Balaban J connectivity index is 1.09. The minimum atomic E-state index is -0.102. The Hall–Kier alpha value is -6.84. The lowest BCUT2D eigenvalue weighted by Crippen LogP contribution is -2.20. The molecule has 0 saturated carbocycles.